The summed E-state index contributed by atoms with van der Waals surface area (Å²) in [5.41, 5.74) is 0. The third kappa shape index (κ3) is 3.16. The minimum atomic E-state index is -1.27. The molecule has 1 amide bonds. The Labute approximate surface area is 84.2 Å². The summed E-state index contributed by atoms with van der Waals surface area (Å²) >= 11 is 0. The van der Waals surface area contributed by atoms with Crippen molar-refractivity contribution in [1.82, 2.24) is 5.32 Å². The van der Waals surface area contributed by atoms with Crippen LogP contribution < -0.4 is 5.32 Å². The summed E-state index contributed by atoms with van der Waals surface area (Å²) in [6.45, 7) is 3.37. The van der Waals surface area contributed by atoms with E-state index in [0.29, 0.717) is 6.42 Å². The second-order valence-corrected chi connectivity index (χ2v) is 3.75. The summed E-state index contributed by atoms with van der Waals surface area (Å²) in [7, 11) is -1.27. The van der Waals surface area contributed by atoms with Gasteiger partial charge in [-0.05, 0) is 24.7 Å². The Morgan fingerprint density at radius 3 is 2.79 bits per heavy atom. The Kier molecular flexibility index (Phi) is 4.16. The van der Waals surface area contributed by atoms with Crippen LogP contribution in [0.25, 0.3) is 0 Å². The van der Waals surface area contributed by atoms with Gasteiger partial charge in [0.1, 0.15) is 0 Å². The fourth-order valence-electron chi connectivity index (χ4n) is 1.89. The lowest BCUT2D eigenvalue weighted by Crippen LogP contribution is -2.39. The third-order valence-corrected chi connectivity index (χ3v) is 2.67. The van der Waals surface area contributed by atoms with Crippen molar-refractivity contribution in [3.63, 3.8) is 0 Å². The zero-order chi connectivity index (χ0) is 10.6. The van der Waals surface area contributed by atoms with Crippen molar-refractivity contribution in [3.8, 4) is 0 Å². The first kappa shape index (κ1) is 11.3. The number of amides is 1. The van der Waals surface area contributed by atoms with Gasteiger partial charge in [0.05, 0.1) is 0 Å². The van der Waals surface area contributed by atoms with E-state index in [9.17, 15) is 4.79 Å². The maximum Gasteiger partial charge on any atom is 0.454 e. The van der Waals surface area contributed by atoms with Gasteiger partial charge in [0.2, 0.25) is 5.91 Å². The van der Waals surface area contributed by atoms with E-state index in [0.717, 1.165) is 19.3 Å². The second kappa shape index (κ2) is 5.17. The maximum atomic E-state index is 11.0. The summed E-state index contributed by atoms with van der Waals surface area (Å²) in [6.07, 6.45) is 4.52. The predicted molar refractivity (Wildman–Crippen MR) is 54.5 cm³/mol. The van der Waals surface area contributed by atoms with Gasteiger partial charge in [0.15, 0.2) is 0 Å². The number of hydrogen-bond donors (Lipinski definition) is 3. The first-order valence-electron chi connectivity index (χ1n) is 4.92. The molecular weight excluding hydrogens is 181 g/mol. The molecule has 3 N–H and O–H groups in total. The summed E-state index contributed by atoms with van der Waals surface area (Å²) in [5, 5.41) is 20.8. The molecule has 1 fully saturated rings. The van der Waals surface area contributed by atoms with E-state index in [1.165, 1.54) is 6.08 Å². The largest absolute Gasteiger partial charge is 0.454 e. The van der Waals surface area contributed by atoms with Gasteiger partial charge in [0.25, 0.3) is 0 Å². The van der Waals surface area contributed by atoms with E-state index >= 15 is 0 Å². The highest BCUT2D eigenvalue weighted by Crippen LogP contribution is 2.29. The molecule has 0 saturated heterocycles. The molecule has 5 heteroatoms. The molecule has 4 nitrogen and oxygen atoms in total. The van der Waals surface area contributed by atoms with Gasteiger partial charge in [-0.2, -0.15) is 0 Å². The second-order valence-electron chi connectivity index (χ2n) is 3.75. The number of carbonyl (C=O) groups excluding carboxylic acids is 1. The van der Waals surface area contributed by atoms with E-state index in [2.05, 4.69) is 11.9 Å². The lowest BCUT2D eigenvalue weighted by atomic mass is 9.64. The van der Waals surface area contributed by atoms with Gasteiger partial charge in [-0.3, -0.25) is 4.79 Å². The zero-order valence-electron chi connectivity index (χ0n) is 8.15. The number of hydrogen-bond acceptors (Lipinski definition) is 3. The molecule has 1 aliphatic rings. The number of nitrogens with one attached hydrogen (secondary N) is 1. The van der Waals surface area contributed by atoms with E-state index in [1.807, 2.05) is 0 Å². The molecular formula is C9H16BNO3. The standard InChI is InChI=1S/C9H16BNO3/c1-2-9(12)11-8-5-3-4-7(6-8)10(13)14/h2,7-8,13-14H,1,3-6H2,(H,11,12). The summed E-state index contributed by atoms with van der Waals surface area (Å²) in [5.74, 6) is -0.304. The van der Waals surface area contributed by atoms with Crippen LogP contribution in [0.4, 0.5) is 0 Å². The molecule has 2 unspecified atom stereocenters. The van der Waals surface area contributed by atoms with Crippen molar-refractivity contribution in [2.75, 3.05) is 0 Å². The van der Waals surface area contributed by atoms with Crippen LogP contribution in [0.15, 0.2) is 12.7 Å². The Hall–Kier alpha value is -0.805. The highest BCUT2D eigenvalue weighted by Gasteiger charge is 2.30. The molecule has 0 spiro atoms. The molecule has 0 aromatic rings. The van der Waals surface area contributed by atoms with Crippen LogP contribution in [0.1, 0.15) is 25.7 Å². The van der Waals surface area contributed by atoms with Crippen LogP contribution >= 0.6 is 0 Å². The first-order valence-corrected chi connectivity index (χ1v) is 4.92. The van der Waals surface area contributed by atoms with Crippen molar-refractivity contribution in [1.29, 1.82) is 0 Å². The van der Waals surface area contributed by atoms with Crippen LogP contribution in [0.2, 0.25) is 5.82 Å². The molecule has 1 rings (SSSR count). The van der Waals surface area contributed by atoms with Crippen molar-refractivity contribution in [2.45, 2.75) is 37.5 Å². The van der Waals surface area contributed by atoms with Crippen LogP contribution in [0.5, 0.6) is 0 Å². The summed E-state index contributed by atoms with van der Waals surface area (Å²) in [4.78, 5) is 11.0. The van der Waals surface area contributed by atoms with E-state index in [1.54, 1.807) is 0 Å². The van der Waals surface area contributed by atoms with E-state index in [-0.39, 0.29) is 17.8 Å². The highest BCUT2D eigenvalue weighted by molar-refractivity contribution is 6.43. The van der Waals surface area contributed by atoms with Gasteiger partial charge in [-0.25, -0.2) is 0 Å². The summed E-state index contributed by atoms with van der Waals surface area (Å²) in [6, 6.07) is 0.0565. The van der Waals surface area contributed by atoms with Crippen LogP contribution in [-0.2, 0) is 4.79 Å². The minimum absolute atomic E-state index is 0.0565. The van der Waals surface area contributed by atoms with Gasteiger partial charge in [-0.15, -0.1) is 0 Å². The first-order chi connectivity index (χ1) is 6.63. The molecule has 1 aliphatic carbocycles. The molecule has 0 bridgehead atoms. The molecule has 0 radical (unpaired) electrons. The van der Waals surface area contributed by atoms with E-state index in [4.69, 9.17) is 10.0 Å². The Morgan fingerprint density at radius 1 is 1.50 bits per heavy atom. The minimum Gasteiger partial charge on any atom is -0.427 e. The SMILES string of the molecule is C=CC(=O)NC1CCCC(B(O)O)C1. The zero-order valence-corrected chi connectivity index (χ0v) is 8.15. The topological polar surface area (TPSA) is 69.6 Å². The van der Waals surface area contributed by atoms with Crippen LogP contribution in [0.3, 0.4) is 0 Å². The highest BCUT2D eigenvalue weighted by atomic mass is 16.4. The average molecular weight is 197 g/mol. The quantitative estimate of drug-likeness (QED) is 0.443. The molecule has 0 aromatic heterocycles. The predicted octanol–water partition coefficient (Wildman–Crippen LogP) is 0.0742. The normalized spacial score (nSPS) is 26.7. The molecule has 2 atom stereocenters. The Morgan fingerprint density at radius 2 is 2.21 bits per heavy atom. The lowest BCUT2D eigenvalue weighted by molar-refractivity contribution is -0.117. The van der Waals surface area contributed by atoms with Gasteiger partial charge in [-0.1, -0.05) is 19.4 Å². The van der Waals surface area contributed by atoms with Gasteiger partial charge >= 0.3 is 7.12 Å². The molecule has 0 heterocycles. The molecule has 0 aromatic carbocycles. The van der Waals surface area contributed by atoms with Crippen molar-refractivity contribution < 1.29 is 14.8 Å². The summed E-state index contributed by atoms with van der Waals surface area (Å²) < 4.78 is 0. The Bertz CT molecular complexity index is 220. The molecule has 14 heavy (non-hydrogen) atoms. The maximum absolute atomic E-state index is 11.0. The van der Waals surface area contributed by atoms with E-state index < -0.39 is 7.12 Å². The van der Waals surface area contributed by atoms with Gasteiger partial charge in [0, 0.05) is 6.04 Å². The van der Waals surface area contributed by atoms with Crippen molar-refractivity contribution >= 4 is 13.0 Å². The number of rotatable bonds is 3. The van der Waals surface area contributed by atoms with Gasteiger partial charge < -0.3 is 15.4 Å². The average Bonchev–Trinajstić information content (AvgIpc) is 2.18. The van der Waals surface area contributed by atoms with Crippen molar-refractivity contribution in [2.24, 2.45) is 0 Å². The monoisotopic (exact) mass is 197 g/mol. The molecule has 0 aliphatic heterocycles. The lowest BCUT2D eigenvalue weighted by Gasteiger charge is -2.28. The van der Waals surface area contributed by atoms with Crippen LogP contribution in [0, 0.1) is 0 Å². The smallest absolute Gasteiger partial charge is 0.427 e. The molecule has 78 valence electrons. The Balaban J connectivity index is 2.39. The number of carbonyl (C=O) groups is 1. The fraction of sp³-hybridized carbons (Fsp3) is 0.667. The van der Waals surface area contributed by atoms with Crippen molar-refractivity contribution in [3.05, 3.63) is 12.7 Å². The van der Waals surface area contributed by atoms with Crippen LogP contribution in [-0.4, -0.2) is 29.1 Å². The molecule has 1 saturated carbocycles. The third-order valence-electron chi connectivity index (χ3n) is 2.67. The fourth-order valence-corrected chi connectivity index (χ4v) is 1.89.